The highest BCUT2D eigenvalue weighted by atomic mass is 19.1. The molecule has 4 atom stereocenters. The summed E-state index contributed by atoms with van der Waals surface area (Å²) in [6, 6.07) is 6.84. The van der Waals surface area contributed by atoms with Gasteiger partial charge in [-0.05, 0) is 66.1 Å². The zero-order valence-corrected chi connectivity index (χ0v) is 20.7. The molecule has 1 aliphatic carbocycles. The maximum absolute atomic E-state index is 14.5. The number of benzene rings is 1. The molecule has 6 nitrogen and oxygen atoms in total. The molecule has 3 aromatic rings. The number of ketones is 1. The third-order valence-electron chi connectivity index (χ3n) is 7.00. The topological polar surface area (TPSA) is 98.0 Å². The van der Waals surface area contributed by atoms with Gasteiger partial charge >= 0.3 is 0 Å². The van der Waals surface area contributed by atoms with E-state index in [1.54, 1.807) is 19.3 Å². The number of hydrogen-bond donors (Lipinski definition) is 2. The summed E-state index contributed by atoms with van der Waals surface area (Å²) in [7, 11) is 0. The van der Waals surface area contributed by atoms with E-state index in [1.807, 2.05) is 13.0 Å². The standard InChI is InChI=1S/C28H29F3N4O2/c1-3-25(37)35-27-15(2)11-16(12-22(27)32)18-9-10-33-14-17(18)13-24(36)23-8-7-21(31)28(34-23)26-19(29)5-4-6-20(26)30/h4-10,14-16,22,27H,3,11-13,32H2,1-2H3,(H,35,37)/t15-,16+,22+,27-/m0/s1. The van der Waals surface area contributed by atoms with Gasteiger partial charge in [0.1, 0.15) is 28.8 Å². The second-order valence-electron chi connectivity index (χ2n) is 9.55. The number of aromatic nitrogens is 2. The van der Waals surface area contributed by atoms with Crippen LogP contribution in [0.4, 0.5) is 13.2 Å². The molecule has 37 heavy (non-hydrogen) atoms. The van der Waals surface area contributed by atoms with Crippen LogP contribution in [-0.2, 0) is 11.2 Å². The second kappa shape index (κ2) is 11.2. The van der Waals surface area contributed by atoms with E-state index in [4.69, 9.17) is 5.73 Å². The van der Waals surface area contributed by atoms with Crippen molar-refractivity contribution in [1.29, 1.82) is 0 Å². The second-order valence-corrected chi connectivity index (χ2v) is 9.55. The van der Waals surface area contributed by atoms with Crippen LogP contribution in [0.15, 0.2) is 48.8 Å². The van der Waals surface area contributed by atoms with Crippen LogP contribution < -0.4 is 11.1 Å². The van der Waals surface area contributed by atoms with E-state index in [-0.39, 0.29) is 41.9 Å². The lowest BCUT2D eigenvalue weighted by molar-refractivity contribution is -0.122. The fourth-order valence-corrected chi connectivity index (χ4v) is 5.12. The summed E-state index contributed by atoms with van der Waals surface area (Å²) in [6.07, 6.45) is 4.96. The molecule has 9 heteroatoms. The van der Waals surface area contributed by atoms with Crippen LogP contribution in [-0.4, -0.2) is 33.7 Å². The number of Topliss-reactive ketones (excluding diaryl/α,β-unsaturated/α-hetero) is 1. The van der Waals surface area contributed by atoms with Gasteiger partial charge in [0.25, 0.3) is 0 Å². The van der Waals surface area contributed by atoms with Gasteiger partial charge in [-0.25, -0.2) is 18.2 Å². The molecule has 0 radical (unpaired) electrons. The Labute approximate surface area is 213 Å². The SMILES string of the molecule is CCC(=O)N[C@@H]1[C@H](N)C[C@H](c2ccncc2CC(=O)c2ccc(F)c(-c3c(F)cccc3F)n2)C[C@@H]1C. The molecule has 1 saturated carbocycles. The molecule has 1 fully saturated rings. The minimum Gasteiger partial charge on any atom is -0.352 e. The van der Waals surface area contributed by atoms with Crippen molar-refractivity contribution in [2.75, 3.05) is 0 Å². The van der Waals surface area contributed by atoms with Crippen LogP contribution in [0.2, 0.25) is 0 Å². The van der Waals surface area contributed by atoms with E-state index in [0.717, 1.165) is 30.2 Å². The number of halogens is 3. The van der Waals surface area contributed by atoms with E-state index in [0.29, 0.717) is 18.4 Å². The summed E-state index contributed by atoms with van der Waals surface area (Å²) in [6.45, 7) is 3.84. The normalized spacial score (nSPS) is 21.5. The number of nitrogens with zero attached hydrogens (tertiary/aromatic N) is 2. The van der Waals surface area contributed by atoms with Gasteiger partial charge in [-0.3, -0.25) is 14.6 Å². The lowest BCUT2D eigenvalue weighted by Crippen LogP contribution is -2.54. The molecule has 1 aromatic carbocycles. The Hall–Kier alpha value is -3.59. The number of carbonyl (C=O) groups excluding carboxylic acids is 2. The zero-order chi connectivity index (χ0) is 26.7. The van der Waals surface area contributed by atoms with Crippen LogP contribution >= 0.6 is 0 Å². The number of nitrogens with two attached hydrogens (primary N) is 1. The van der Waals surface area contributed by atoms with Gasteiger partial charge in [0.2, 0.25) is 5.91 Å². The molecular formula is C28H29F3N4O2. The number of carbonyl (C=O) groups is 2. The van der Waals surface area contributed by atoms with Gasteiger partial charge in [0.05, 0.1) is 5.56 Å². The van der Waals surface area contributed by atoms with Crippen molar-refractivity contribution in [2.45, 2.75) is 57.5 Å². The van der Waals surface area contributed by atoms with E-state index in [1.165, 1.54) is 12.1 Å². The molecule has 0 unspecified atom stereocenters. The molecule has 0 saturated heterocycles. The van der Waals surface area contributed by atoms with Crippen molar-refractivity contribution < 1.29 is 22.8 Å². The third-order valence-corrected chi connectivity index (χ3v) is 7.00. The molecule has 2 heterocycles. The zero-order valence-electron chi connectivity index (χ0n) is 20.7. The van der Waals surface area contributed by atoms with Crippen molar-refractivity contribution in [3.8, 4) is 11.3 Å². The number of rotatable bonds is 7. The van der Waals surface area contributed by atoms with Crippen LogP contribution in [0.25, 0.3) is 11.3 Å². The van der Waals surface area contributed by atoms with Gasteiger partial charge in [-0.2, -0.15) is 0 Å². The monoisotopic (exact) mass is 510 g/mol. The Morgan fingerprint density at radius 2 is 1.78 bits per heavy atom. The Balaban J connectivity index is 1.57. The summed E-state index contributed by atoms with van der Waals surface area (Å²) in [4.78, 5) is 33.3. The summed E-state index contributed by atoms with van der Waals surface area (Å²) >= 11 is 0. The molecule has 0 bridgehead atoms. The average molecular weight is 511 g/mol. The Bertz CT molecular complexity index is 1280. The first-order valence-corrected chi connectivity index (χ1v) is 12.3. The molecule has 1 amide bonds. The Morgan fingerprint density at radius 1 is 1.05 bits per heavy atom. The third kappa shape index (κ3) is 5.72. The fourth-order valence-electron chi connectivity index (χ4n) is 5.12. The van der Waals surface area contributed by atoms with Gasteiger partial charge in [-0.15, -0.1) is 0 Å². The molecule has 3 N–H and O–H groups in total. The highest BCUT2D eigenvalue weighted by Crippen LogP contribution is 2.37. The van der Waals surface area contributed by atoms with E-state index in [2.05, 4.69) is 15.3 Å². The van der Waals surface area contributed by atoms with Crippen molar-refractivity contribution >= 4 is 11.7 Å². The lowest BCUT2D eigenvalue weighted by Gasteiger charge is -2.40. The average Bonchev–Trinajstić information content (AvgIpc) is 2.87. The quantitative estimate of drug-likeness (QED) is 0.448. The first-order valence-electron chi connectivity index (χ1n) is 12.3. The number of amides is 1. The first kappa shape index (κ1) is 26.5. The highest BCUT2D eigenvalue weighted by molar-refractivity contribution is 5.96. The summed E-state index contributed by atoms with van der Waals surface area (Å²) in [5.41, 5.74) is 6.77. The summed E-state index contributed by atoms with van der Waals surface area (Å²) < 4.78 is 43.0. The van der Waals surface area contributed by atoms with E-state index < -0.39 is 34.5 Å². The smallest absolute Gasteiger partial charge is 0.219 e. The van der Waals surface area contributed by atoms with E-state index in [9.17, 15) is 22.8 Å². The molecule has 0 spiro atoms. The van der Waals surface area contributed by atoms with Crippen molar-refractivity contribution in [2.24, 2.45) is 11.7 Å². The number of pyridine rings is 2. The number of nitrogens with one attached hydrogen (secondary N) is 1. The van der Waals surface area contributed by atoms with Crippen molar-refractivity contribution in [3.05, 3.63) is 83.1 Å². The molecule has 2 aromatic heterocycles. The maximum atomic E-state index is 14.5. The van der Waals surface area contributed by atoms with Crippen LogP contribution in [0, 0.1) is 23.4 Å². The predicted octanol–water partition coefficient (Wildman–Crippen LogP) is 4.72. The van der Waals surface area contributed by atoms with Crippen LogP contribution in [0.1, 0.15) is 60.6 Å². The van der Waals surface area contributed by atoms with Gasteiger partial charge in [-0.1, -0.05) is 19.9 Å². The summed E-state index contributed by atoms with van der Waals surface area (Å²) in [5, 5.41) is 3.02. The van der Waals surface area contributed by atoms with Crippen molar-refractivity contribution in [3.63, 3.8) is 0 Å². The Kier molecular flexibility index (Phi) is 8.02. The van der Waals surface area contributed by atoms with Gasteiger partial charge in [0.15, 0.2) is 5.78 Å². The van der Waals surface area contributed by atoms with Gasteiger partial charge in [0, 0.05) is 37.3 Å². The van der Waals surface area contributed by atoms with Crippen LogP contribution in [0.5, 0.6) is 0 Å². The molecule has 1 aliphatic rings. The summed E-state index contributed by atoms with van der Waals surface area (Å²) in [5.74, 6) is -3.18. The molecular weight excluding hydrogens is 481 g/mol. The lowest BCUT2D eigenvalue weighted by atomic mass is 9.72. The maximum Gasteiger partial charge on any atom is 0.219 e. The highest BCUT2D eigenvalue weighted by Gasteiger charge is 2.36. The predicted molar refractivity (Wildman–Crippen MR) is 133 cm³/mol. The van der Waals surface area contributed by atoms with E-state index >= 15 is 0 Å². The molecule has 4 rings (SSSR count). The van der Waals surface area contributed by atoms with Crippen LogP contribution in [0.3, 0.4) is 0 Å². The van der Waals surface area contributed by atoms with Crippen molar-refractivity contribution in [1.82, 2.24) is 15.3 Å². The number of hydrogen-bond acceptors (Lipinski definition) is 5. The largest absolute Gasteiger partial charge is 0.352 e. The molecule has 0 aliphatic heterocycles. The first-order chi connectivity index (χ1) is 17.7. The minimum absolute atomic E-state index is 0.0395. The Morgan fingerprint density at radius 3 is 2.46 bits per heavy atom. The molecule has 194 valence electrons. The van der Waals surface area contributed by atoms with Gasteiger partial charge < -0.3 is 11.1 Å². The fraction of sp³-hybridized carbons (Fsp3) is 0.357. The minimum atomic E-state index is -0.971.